The molecule has 0 radical (unpaired) electrons. The van der Waals surface area contributed by atoms with Crippen LogP contribution in [-0.4, -0.2) is 69.5 Å². The Bertz CT molecular complexity index is 983. The number of nitrogens with one attached hydrogen (secondary N) is 1. The molecular weight excluding hydrogens is 450 g/mol. The maximum Gasteiger partial charge on any atom is 0.404 e. The molecule has 11 nitrogen and oxygen atoms in total. The van der Waals surface area contributed by atoms with Gasteiger partial charge in [0.05, 0.1) is 0 Å². The van der Waals surface area contributed by atoms with Crippen molar-refractivity contribution in [1.82, 2.24) is 10.2 Å². The number of hydrogen-bond donors (Lipinski definition) is 3. The Morgan fingerprint density at radius 3 is 2.61 bits per heavy atom. The fraction of sp³-hybridized carbons (Fsp3) is 0.278. The molecule has 0 bridgehead atoms. The molecule has 3 amide bonds. The van der Waals surface area contributed by atoms with E-state index >= 15 is 0 Å². The van der Waals surface area contributed by atoms with Gasteiger partial charge in [-0.3, -0.25) is 14.5 Å². The Morgan fingerprint density at radius 1 is 1.35 bits per heavy atom. The summed E-state index contributed by atoms with van der Waals surface area (Å²) in [7, 11) is 1.20. The second kappa shape index (κ2) is 8.91. The van der Waals surface area contributed by atoms with E-state index in [0.29, 0.717) is 5.75 Å². The lowest BCUT2D eigenvalue weighted by molar-refractivity contribution is -0.191. The predicted molar refractivity (Wildman–Crippen MR) is 111 cm³/mol. The number of methoxy groups -OCH3 is 1. The fourth-order valence-electron chi connectivity index (χ4n) is 3.07. The van der Waals surface area contributed by atoms with E-state index in [2.05, 4.69) is 10.1 Å². The van der Waals surface area contributed by atoms with Crippen LogP contribution in [0.15, 0.2) is 41.6 Å². The molecule has 4 N–H and O–H groups in total. The van der Waals surface area contributed by atoms with E-state index in [1.807, 2.05) is 0 Å². The average Bonchev–Trinajstić information content (AvgIpc) is 2.75. The maximum atomic E-state index is 12.9. The minimum Gasteiger partial charge on any atom is -0.477 e. The van der Waals surface area contributed by atoms with Crippen molar-refractivity contribution in [2.45, 2.75) is 11.1 Å². The zero-order valence-corrected chi connectivity index (χ0v) is 17.7. The van der Waals surface area contributed by atoms with Crippen LogP contribution in [0.2, 0.25) is 0 Å². The van der Waals surface area contributed by atoms with E-state index in [4.69, 9.17) is 27.4 Å². The number of ether oxygens (including phenoxy) is 3. The monoisotopic (exact) mass is 467 g/mol. The quantitative estimate of drug-likeness (QED) is 0.300. The number of carbonyl (C=O) groups excluding carboxylic acids is 3. The number of hydrogen-bond acceptors (Lipinski definition) is 9. The van der Waals surface area contributed by atoms with E-state index < -0.39 is 40.0 Å². The topological polar surface area (TPSA) is 157 Å². The number of para-hydroxylation sites is 1. The third-order valence-corrected chi connectivity index (χ3v) is 6.10. The van der Waals surface area contributed by atoms with Crippen molar-refractivity contribution in [2.75, 3.05) is 19.5 Å². The lowest BCUT2D eigenvalue weighted by atomic mass is 9.98. The number of fused-ring (bicyclic) bond motifs is 1. The van der Waals surface area contributed by atoms with Crippen LogP contribution in [0.3, 0.4) is 0 Å². The molecule has 164 valence electrons. The van der Waals surface area contributed by atoms with Crippen LogP contribution >= 0.6 is 24.0 Å². The third-order valence-electron chi connectivity index (χ3n) is 4.46. The summed E-state index contributed by atoms with van der Waals surface area (Å²) in [5, 5.41) is 10.7. The molecule has 13 heteroatoms. The van der Waals surface area contributed by atoms with Gasteiger partial charge in [-0.15, -0.1) is 11.8 Å². The smallest absolute Gasteiger partial charge is 0.404 e. The summed E-state index contributed by atoms with van der Waals surface area (Å²) in [5.74, 6) is -2.68. The van der Waals surface area contributed by atoms with Crippen LogP contribution in [0, 0.1) is 0 Å². The highest BCUT2D eigenvalue weighted by Crippen LogP contribution is 2.46. The lowest BCUT2D eigenvalue weighted by Gasteiger charge is -2.55. The first-order chi connectivity index (χ1) is 14.7. The molecule has 2 aliphatic heterocycles. The van der Waals surface area contributed by atoms with Gasteiger partial charge in [-0.2, -0.15) is 0 Å². The number of rotatable bonds is 6. The molecule has 0 unspecified atom stereocenters. The number of carboxylic acids is 1. The van der Waals surface area contributed by atoms with Crippen molar-refractivity contribution >= 4 is 52.9 Å². The van der Waals surface area contributed by atoms with Gasteiger partial charge < -0.3 is 30.4 Å². The van der Waals surface area contributed by atoms with E-state index in [9.17, 15) is 24.3 Å². The van der Waals surface area contributed by atoms with Crippen LogP contribution in [0.5, 0.6) is 5.75 Å². The van der Waals surface area contributed by atoms with Gasteiger partial charge >= 0.3 is 18.0 Å². The third kappa shape index (κ3) is 4.19. The molecule has 1 fully saturated rings. The van der Waals surface area contributed by atoms with Crippen molar-refractivity contribution in [3.05, 3.63) is 41.6 Å². The molecule has 1 aromatic rings. The number of benzene rings is 1. The standard InChI is InChI=1S/C18H17N3O8S2/c1-27-18(20-12(22)14(30)29-10-5-3-2-4-6-10)15(25)21-11(13(23)24)9(7-28-17(19)26)8-31-16(18)21/h2-6,16H,7-8H2,1H3,(H2,19,26)(H,20,22)(H,23,24)/t16-,18-/m0/s1. The highest BCUT2D eigenvalue weighted by molar-refractivity contribution is 8.00. The largest absolute Gasteiger partial charge is 0.477 e. The van der Waals surface area contributed by atoms with E-state index in [1.54, 1.807) is 30.3 Å². The number of carbonyl (C=O) groups is 4. The van der Waals surface area contributed by atoms with Crippen LogP contribution in [0.4, 0.5) is 4.79 Å². The van der Waals surface area contributed by atoms with Gasteiger partial charge in [0.25, 0.3) is 16.7 Å². The average molecular weight is 467 g/mol. The number of nitrogens with zero attached hydrogens (tertiary/aromatic N) is 1. The van der Waals surface area contributed by atoms with Gasteiger partial charge in [0, 0.05) is 18.4 Å². The number of aliphatic carboxylic acids is 1. The number of carboxylic acid groups (broad SMARTS) is 1. The molecule has 0 spiro atoms. The Morgan fingerprint density at radius 2 is 2.03 bits per heavy atom. The molecule has 0 aliphatic carbocycles. The summed E-state index contributed by atoms with van der Waals surface area (Å²) in [6.07, 6.45) is -1.08. The van der Waals surface area contributed by atoms with Crippen molar-refractivity contribution in [3.8, 4) is 5.75 Å². The van der Waals surface area contributed by atoms with Gasteiger partial charge in [-0.1, -0.05) is 18.2 Å². The van der Waals surface area contributed by atoms with Gasteiger partial charge in [-0.05, 0) is 24.4 Å². The van der Waals surface area contributed by atoms with Crippen molar-refractivity contribution in [3.63, 3.8) is 0 Å². The van der Waals surface area contributed by atoms with Crippen LogP contribution < -0.4 is 15.8 Å². The van der Waals surface area contributed by atoms with Crippen LogP contribution in [0.25, 0.3) is 0 Å². The summed E-state index contributed by atoms with van der Waals surface area (Å²) < 4.78 is 15.3. The molecule has 0 saturated carbocycles. The Hall–Kier alpha value is -3.16. The normalized spacial score (nSPS) is 22.2. The first-order valence-corrected chi connectivity index (χ1v) is 10.1. The second-order valence-electron chi connectivity index (χ2n) is 6.30. The van der Waals surface area contributed by atoms with Crippen LogP contribution in [-0.2, 0) is 23.9 Å². The number of thiocarbonyl (C=S) groups is 1. The zero-order valence-electron chi connectivity index (χ0n) is 16.0. The molecule has 2 atom stereocenters. The van der Waals surface area contributed by atoms with E-state index in [-0.39, 0.29) is 23.6 Å². The highest BCUT2D eigenvalue weighted by Gasteiger charge is 2.67. The lowest BCUT2D eigenvalue weighted by Crippen LogP contribution is -2.81. The SMILES string of the molecule is CO[C@@]1(NC(=O)C(=S)Oc2ccccc2)C(=O)N2C(C(=O)O)=C(COC(N)=O)CS[C@H]21. The summed E-state index contributed by atoms with van der Waals surface area (Å²) in [6.45, 7) is -0.387. The molecule has 1 saturated heterocycles. The number of nitrogens with two attached hydrogens (primary N) is 1. The summed E-state index contributed by atoms with van der Waals surface area (Å²) in [5.41, 5.74) is 2.90. The maximum absolute atomic E-state index is 12.9. The van der Waals surface area contributed by atoms with Crippen molar-refractivity contribution < 1.29 is 38.5 Å². The summed E-state index contributed by atoms with van der Waals surface area (Å²) >= 11 is 6.10. The molecular formula is C18H17N3O8S2. The van der Waals surface area contributed by atoms with Gasteiger partial charge in [0.1, 0.15) is 23.4 Å². The summed E-state index contributed by atoms with van der Waals surface area (Å²) in [6, 6.07) is 8.33. The molecule has 3 rings (SSSR count). The van der Waals surface area contributed by atoms with Gasteiger partial charge in [-0.25, -0.2) is 9.59 Å². The number of primary amides is 1. The van der Waals surface area contributed by atoms with Gasteiger partial charge in [0.2, 0.25) is 0 Å². The second-order valence-corrected chi connectivity index (χ2v) is 7.74. The first-order valence-electron chi connectivity index (χ1n) is 8.68. The Labute approximate surface area is 185 Å². The molecule has 0 aromatic heterocycles. The predicted octanol–water partition coefficient (Wildman–Crippen LogP) is 0.201. The Kier molecular flexibility index (Phi) is 6.48. The summed E-state index contributed by atoms with van der Waals surface area (Å²) in [4.78, 5) is 49.1. The minimum atomic E-state index is -1.84. The molecule has 31 heavy (non-hydrogen) atoms. The Balaban J connectivity index is 1.79. The molecule has 2 aliphatic rings. The first kappa shape index (κ1) is 22.5. The van der Waals surface area contributed by atoms with Gasteiger partial charge in [0.15, 0.2) is 0 Å². The molecule has 1 aromatic carbocycles. The number of thioether (sulfide) groups is 1. The number of β-lactam (4-membered cyclic amide) rings is 1. The van der Waals surface area contributed by atoms with Crippen molar-refractivity contribution in [2.24, 2.45) is 5.73 Å². The van der Waals surface area contributed by atoms with Crippen molar-refractivity contribution in [1.29, 1.82) is 0 Å². The van der Waals surface area contributed by atoms with E-state index in [0.717, 1.165) is 16.7 Å². The van der Waals surface area contributed by atoms with Crippen LogP contribution in [0.1, 0.15) is 0 Å². The number of amides is 3. The highest BCUT2D eigenvalue weighted by atomic mass is 32.2. The van der Waals surface area contributed by atoms with E-state index in [1.165, 1.54) is 7.11 Å². The zero-order chi connectivity index (χ0) is 22.8. The minimum absolute atomic E-state index is 0.0926. The fourth-order valence-corrected chi connectivity index (χ4v) is 4.64. The molecule has 2 heterocycles.